The quantitative estimate of drug-likeness (QED) is 0.523. The van der Waals surface area contributed by atoms with Crippen molar-refractivity contribution in [3.05, 3.63) is 65.5 Å². The Balaban J connectivity index is 1.57. The fourth-order valence-electron chi connectivity index (χ4n) is 2.97. The van der Waals surface area contributed by atoms with Gasteiger partial charge in [-0.1, -0.05) is 23.9 Å². The van der Waals surface area contributed by atoms with E-state index in [2.05, 4.69) is 20.8 Å². The Morgan fingerprint density at radius 1 is 1.16 bits per heavy atom. The summed E-state index contributed by atoms with van der Waals surface area (Å²) in [5, 5.41) is 14.7. The lowest BCUT2D eigenvalue weighted by atomic mass is 10.2. The maximum atomic E-state index is 12.5. The van der Waals surface area contributed by atoms with Crippen molar-refractivity contribution in [2.75, 3.05) is 18.2 Å². The number of nitrogens with zero attached hydrogens (tertiary/aromatic N) is 3. The zero-order chi connectivity index (χ0) is 22.4. The molecule has 0 saturated carbocycles. The number of aryl methyl sites for hydroxylation is 1. The van der Waals surface area contributed by atoms with Crippen LogP contribution in [0, 0.1) is 6.92 Å². The highest BCUT2D eigenvalue weighted by Gasteiger charge is 2.19. The molecule has 2 aromatic carbocycles. The first-order valence-corrected chi connectivity index (χ1v) is 10.7. The second-order valence-electron chi connectivity index (χ2n) is 7.03. The molecule has 3 rings (SSSR count). The minimum Gasteiger partial charge on any atom is -0.497 e. The van der Waals surface area contributed by atoms with E-state index in [1.165, 1.54) is 11.8 Å². The standard InChI is InChI=1S/C22H25N5O3S/c1-14-6-5-7-17(12-14)24-19(28)13-31-22-26-25-20(27(22)3)15(2)23-21(29)16-8-10-18(30-4)11-9-16/h5-12,15H,13H2,1-4H3,(H,23,29)(H,24,28). The molecule has 1 atom stereocenters. The second kappa shape index (κ2) is 10.1. The Bertz CT molecular complexity index is 1070. The van der Waals surface area contributed by atoms with Gasteiger partial charge in [0.15, 0.2) is 11.0 Å². The highest BCUT2D eigenvalue weighted by molar-refractivity contribution is 7.99. The van der Waals surface area contributed by atoms with Crippen LogP contribution in [0.5, 0.6) is 5.75 Å². The van der Waals surface area contributed by atoms with Crippen LogP contribution in [0.3, 0.4) is 0 Å². The third-order valence-corrected chi connectivity index (χ3v) is 5.61. The second-order valence-corrected chi connectivity index (χ2v) is 7.97. The number of amides is 2. The first-order chi connectivity index (χ1) is 14.9. The summed E-state index contributed by atoms with van der Waals surface area (Å²) in [5.74, 6) is 1.15. The molecule has 0 spiro atoms. The van der Waals surface area contributed by atoms with Crippen molar-refractivity contribution in [1.29, 1.82) is 0 Å². The first kappa shape index (κ1) is 22.4. The average molecular weight is 440 g/mol. The minimum absolute atomic E-state index is 0.124. The SMILES string of the molecule is COc1ccc(C(=O)NC(C)c2nnc(SCC(=O)Nc3cccc(C)c3)n2C)cc1. The fourth-order valence-corrected chi connectivity index (χ4v) is 3.68. The number of thioether (sulfide) groups is 1. The third-order valence-electron chi connectivity index (χ3n) is 4.59. The number of hydrogen-bond acceptors (Lipinski definition) is 6. The van der Waals surface area contributed by atoms with E-state index in [1.54, 1.807) is 35.9 Å². The van der Waals surface area contributed by atoms with Gasteiger partial charge in [0.2, 0.25) is 5.91 Å². The molecule has 1 unspecified atom stereocenters. The van der Waals surface area contributed by atoms with Gasteiger partial charge in [-0.3, -0.25) is 9.59 Å². The van der Waals surface area contributed by atoms with Crippen molar-refractivity contribution in [3.63, 3.8) is 0 Å². The van der Waals surface area contributed by atoms with Crippen LogP contribution in [0.4, 0.5) is 5.69 Å². The molecule has 2 N–H and O–H groups in total. The number of hydrogen-bond donors (Lipinski definition) is 2. The lowest BCUT2D eigenvalue weighted by Gasteiger charge is -2.14. The topological polar surface area (TPSA) is 98.1 Å². The summed E-state index contributed by atoms with van der Waals surface area (Å²) in [6.07, 6.45) is 0. The van der Waals surface area contributed by atoms with Crippen LogP contribution >= 0.6 is 11.8 Å². The number of rotatable bonds is 8. The molecule has 1 aromatic heterocycles. The number of anilines is 1. The predicted octanol–water partition coefficient (Wildman–Crippen LogP) is 3.35. The number of ether oxygens (including phenoxy) is 1. The molecule has 0 aliphatic rings. The first-order valence-electron chi connectivity index (χ1n) is 9.71. The molecule has 0 fully saturated rings. The summed E-state index contributed by atoms with van der Waals surface area (Å²) in [4.78, 5) is 24.7. The van der Waals surface area contributed by atoms with Gasteiger partial charge in [0.1, 0.15) is 5.75 Å². The van der Waals surface area contributed by atoms with Crippen LogP contribution in [0.15, 0.2) is 53.7 Å². The Labute approximate surface area is 185 Å². The predicted molar refractivity (Wildman–Crippen MR) is 120 cm³/mol. The molecule has 0 bridgehead atoms. The van der Waals surface area contributed by atoms with E-state index in [0.29, 0.717) is 22.3 Å². The maximum Gasteiger partial charge on any atom is 0.251 e. The van der Waals surface area contributed by atoms with Gasteiger partial charge < -0.3 is 19.9 Å². The van der Waals surface area contributed by atoms with Gasteiger partial charge in [-0.05, 0) is 55.8 Å². The van der Waals surface area contributed by atoms with Crippen LogP contribution in [0.1, 0.15) is 34.7 Å². The number of carbonyl (C=O) groups excluding carboxylic acids is 2. The summed E-state index contributed by atoms with van der Waals surface area (Å²) >= 11 is 1.29. The van der Waals surface area contributed by atoms with Crippen LogP contribution < -0.4 is 15.4 Å². The number of methoxy groups -OCH3 is 1. The largest absolute Gasteiger partial charge is 0.497 e. The van der Waals surface area contributed by atoms with Crippen molar-refractivity contribution >= 4 is 29.3 Å². The van der Waals surface area contributed by atoms with Crippen molar-refractivity contribution in [1.82, 2.24) is 20.1 Å². The molecule has 0 aliphatic heterocycles. The summed E-state index contributed by atoms with van der Waals surface area (Å²) in [7, 11) is 3.39. The monoisotopic (exact) mass is 439 g/mol. The molecule has 162 valence electrons. The Kier molecular flexibility index (Phi) is 7.30. The van der Waals surface area contributed by atoms with E-state index >= 15 is 0 Å². The van der Waals surface area contributed by atoms with Crippen LogP contribution in [-0.2, 0) is 11.8 Å². The molecular formula is C22H25N5O3S. The fraction of sp³-hybridized carbons (Fsp3) is 0.273. The summed E-state index contributed by atoms with van der Waals surface area (Å²) in [5.41, 5.74) is 2.37. The molecular weight excluding hydrogens is 414 g/mol. The Morgan fingerprint density at radius 3 is 2.58 bits per heavy atom. The van der Waals surface area contributed by atoms with Crippen molar-refractivity contribution in [2.24, 2.45) is 7.05 Å². The molecule has 9 heteroatoms. The number of aromatic nitrogens is 3. The van der Waals surface area contributed by atoms with Gasteiger partial charge in [0, 0.05) is 18.3 Å². The number of carbonyl (C=O) groups is 2. The smallest absolute Gasteiger partial charge is 0.251 e. The van der Waals surface area contributed by atoms with Crippen molar-refractivity contribution < 1.29 is 14.3 Å². The van der Waals surface area contributed by atoms with E-state index in [0.717, 1.165) is 11.3 Å². The Hall–Kier alpha value is -3.33. The zero-order valence-corrected chi connectivity index (χ0v) is 18.7. The minimum atomic E-state index is -0.359. The van der Waals surface area contributed by atoms with Crippen LogP contribution in [-0.4, -0.2) is 39.4 Å². The molecule has 0 radical (unpaired) electrons. The molecule has 31 heavy (non-hydrogen) atoms. The van der Waals surface area contributed by atoms with Crippen molar-refractivity contribution in [3.8, 4) is 5.75 Å². The van der Waals surface area contributed by atoms with Gasteiger partial charge in [0.05, 0.1) is 18.9 Å². The normalized spacial score (nSPS) is 11.6. The van der Waals surface area contributed by atoms with E-state index in [-0.39, 0.29) is 23.6 Å². The lowest BCUT2D eigenvalue weighted by molar-refractivity contribution is -0.113. The van der Waals surface area contributed by atoms with E-state index < -0.39 is 0 Å². The van der Waals surface area contributed by atoms with E-state index in [1.807, 2.05) is 45.2 Å². The summed E-state index contributed by atoms with van der Waals surface area (Å²) in [6, 6.07) is 14.1. The van der Waals surface area contributed by atoms with E-state index in [4.69, 9.17) is 4.74 Å². The molecule has 3 aromatic rings. The Morgan fingerprint density at radius 2 is 1.90 bits per heavy atom. The highest BCUT2D eigenvalue weighted by atomic mass is 32.2. The van der Waals surface area contributed by atoms with Crippen LogP contribution in [0.2, 0.25) is 0 Å². The average Bonchev–Trinajstić information content (AvgIpc) is 3.12. The van der Waals surface area contributed by atoms with Gasteiger partial charge in [0.25, 0.3) is 5.91 Å². The third kappa shape index (κ3) is 5.85. The molecule has 0 aliphatic carbocycles. The lowest BCUT2D eigenvalue weighted by Crippen LogP contribution is -2.28. The van der Waals surface area contributed by atoms with Gasteiger partial charge in [-0.2, -0.15) is 0 Å². The number of nitrogens with one attached hydrogen (secondary N) is 2. The highest BCUT2D eigenvalue weighted by Crippen LogP contribution is 2.20. The maximum absolute atomic E-state index is 12.5. The van der Waals surface area contributed by atoms with Crippen LogP contribution in [0.25, 0.3) is 0 Å². The molecule has 1 heterocycles. The number of benzene rings is 2. The molecule has 8 nitrogen and oxygen atoms in total. The molecule has 2 amide bonds. The summed E-state index contributed by atoms with van der Waals surface area (Å²) < 4.78 is 6.89. The van der Waals surface area contributed by atoms with Crippen molar-refractivity contribution in [2.45, 2.75) is 25.0 Å². The summed E-state index contributed by atoms with van der Waals surface area (Å²) in [6.45, 7) is 3.81. The zero-order valence-electron chi connectivity index (χ0n) is 17.9. The van der Waals surface area contributed by atoms with Gasteiger partial charge in [-0.15, -0.1) is 10.2 Å². The van der Waals surface area contributed by atoms with E-state index in [9.17, 15) is 9.59 Å². The molecule has 0 saturated heterocycles. The van der Waals surface area contributed by atoms with Gasteiger partial charge in [-0.25, -0.2) is 0 Å². The van der Waals surface area contributed by atoms with Gasteiger partial charge >= 0.3 is 0 Å².